The van der Waals surface area contributed by atoms with Crippen molar-refractivity contribution in [1.29, 1.82) is 0 Å². The number of aromatic nitrogens is 2. The number of thiazole rings is 1. The zero-order chi connectivity index (χ0) is 15.1. The summed E-state index contributed by atoms with van der Waals surface area (Å²) < 4.78 is 2.15. The molecule has 0 aromatic carbocycles. The third-order valence-corrected chi connectivity index (χ3v) is 5.23. The van der Waals surface area contributed by atoms with Crippen molar-refractivity contribution in [1.82, 2.24) is 9.66 Å². The molecule has 0 amide bonds. The molecule has 0 saturated heterocycles. The van der Waals surface area contributed by atoms with Crippen LogP contribution in [-0.2, 0) is 5.41 Å². The van der Waals surface area contributed by atoms with Gasteiger partial charge in [0.05, 0.1) is 21.6 Å². The van der Waals surface area contributed by atoms with Crippen LogP contribution in [0.25, 0.3) is 0 Å². The quantitative estimate of drug-likeness (QED) is 0.904. The lowest BCUT2D eigenvalue weighted by molar-refractivity contribution is 0.584. The maximum Gasteiger partial charge on any atom is 0.0985 e. The van der Waals surface area contributed by atoms with Crippen molar-refractivity contribution in [3.8, 4) is 0 Å². The van der Waals surface area contributed by atoms with Crippen molar-refractivity contribution >= 4 is 11.3 Å². The SMILES string of the molecule is Cc1nc(C(C)(C)C)sc1C(C)Nn1c(C)ccc1C. The molecule has 1 N–H and O–H groups in total. The van der Waals surface area contributed by atoms with Gasteiger partial charge < -0.3 is 5.43 Å². The van der Waals surface area contributed by atoms with Crippen molar-refractivity contribution < 1.29 is 0 Å². The van der Waals surface area contributed by atoms with Gasteiger partial charge in [0, 0.05) is 16.8 Å². The third-order valence-electron chi connectivity index (χ3n) is 3.46. The Bertz CT molecular complexity index is 582. The summed E-state index contributed by atoms with van der Waals surface area (Å²) in [4.78, 5) is 6.07. The Morgan fingerprint density at radius 2 is 1.70 bits per heavy atom. The highest BCUT2D eigenvalue weighted by molar-refractivity contribution is 7.12. The molecule has 2 aromatic heterocycles. The lowest BCUT2D eigenvalue weighted by Crippen LogP contribution is -2.20. The molecule has 0 aliphatic carbocycles. The maximum absolute atomic E-state index is 4.75. The number of aryl methyl sites for hydroxylation is 3. The molecule has 2 heterocycles. The average molecular weight is 291 g/mol. The first-order valence-corrected chi connectivity index (χ1v) is 7.91. The van der Waals surface area contributed by atoms with Crippen molar-refractivity contribution in [2.24, 2.45) is 0 Å². The molecule has 0 aliphatic heterocycles. The Kier molecular flexibility index (Phi) is 3.96. The molecule has 3 nitrogen and oxygen atoms in total. The Labute approximate surface area is 126 Å². The second-order valence-electron chi connectivity index (χ2n) is 6.52. The fourth-order valence-electron chi connectivity index (χ4n) is 2.26. The Morgan fingerprint density at radius 1 is 1.15 bits per heavy atom. The van der Waals surface area contributed by atoms with Gasteiger partial charge in [0.25, 0.3) is 0 Å². The van der Waals surface area contributed by atoms with Crippen molar-refractivity contribution in [2.45, 2.75) is 59.9 Å². The monoisotopic (exact) mass is 291 g/mol. The fraction of sp³-hybridized carbons (Fsp3) is 0.562. The van der Waals surface area contributed by atoms with E-state index in [-0.39, 0.29) is 11.5 Å². The lowest BCUT2D eigenvalue weighted by Gasteiger charge is -2.19. The van der Waals surface area contributed by atoms with Crippen LogP contribution in [0, 0.1) is 20.8 Å². The largest absolute Gasteiger partial charge is 0.318 e. The molecule has 4 heteroatoms. The number of nitrogens with one attached hydrogen (secondary N) is 1. The van der Waals surface area contributed by atoms with Crippen LogP contribution in [-0.4, -0.2) is 9.66 Å². The Balaban J connectivity index is 2.26. The number of rotatable bonds is 3. The molecule has 1 atom stereocenters. The minimum Gasteiger partial charge on any atom is -0.318 e. The van der Waals surface area contributed by atoms with E-state index in [1.807, 2.05) is 11.3 Å². The molecule has 0 radical (unpaired) electrons. The predicted molar refractivity (Wildman–Crippen MR) is 87.2 cm³/mol. The minimum absolute atomic E-state index is 0.118. The van der Waals surface area contributed by atoms with E-state index in [2.05, 4.69) is 70.7 Å². The Hall–Kier alpha value is -1.29. The van der Waals surface area contributed by atoms with Gasteiger partial charge in [0.1, 0.15) is 0 Å². The van der Waals surface area contributed by atoms with Gasteiger partial charge in [0.15, 0.2) is 0 Å². The maximum atomic E-state index is 4.75. The molecule has 0 saturated carbocycles. The zero-order valence-corrected chi connectivity index (χ0v) is 14.4. The second kappa shape index (κ2) is 5.24. The number of nitrogens with zero attached hydrogens (tertiary/aromatic N) is 2. The van der Waals surface area contributed by atoms with E-state index < -0.39 is 0 Å². The molecule has 20 heavy (non-hydrogen) atoms. The molecular weight excluding hydrogens is 266 g/mol. The topological polar surface area (TPSA) is 29.9 Å². The normalized spacial score (nSPS) is 13.6. The molecule has 0 bridgehead atoms. The summed E-state index contributed by atoms with van der Waals surface area (Å²) in [5.74, 6) is 0. The van der Waals surface area contributed by atoms with Gasteiger partial charge in [-0.1, -0.05) is 20.8 Å². The van der Waals surface area contributed by atoms with Crippen LogP contribution < -0.4 is 5.43 Å². The molecule has 0 aliphatic rings. The van der Waals surface area contributed by atoms with E-state index in [1.54, 1.807) is 0 Å². The highest BCUT2D eigenvalue weighted by Gasteiger charge is 2.22. The van der Waals surface area contributed by atoms with E-state index in [0.29, 0.717) is 0 Å². The van der Waals surface area contributed by atoms with Crippen molar-refractivity contribution in [2.75, 3.05) is 5.43 Å². The Morgan fingerprint density at radius 3 is 2.15 bits per heavy atom. The molecule has 2 rings (SSSR count). The van der Waals surface area contributed by atoms with Crippen LogP contribution in [0.5, 0.6) is 0 Å². The molecule has 2 aromatic rings. The van der Waals surface area contributed by atoms with Crippen LogP contribution in [0.3, 0.4) is 0 Å². The van der Waals surface area contributed by atoms with Gasteiger partial charge in [-0.05, 0) is 39.8 Å². The van der Waals surface area contributed by atoms with E-state index in [9.17, 15) is 0 Å². The third kappa shape index (κ3) is 2.90. The smallest absolute Gasteiger partial charge is 0.0985 e. The first-order chi connectivity index (χ1) is 9.20. The summed E-state index contributed by atoms with van der Waals surface area (Å²) in [6.07, 6.45) is 0. The molecule has 1 unspecified atom stereocenters. The van der Waals surface area contributed by atoms with Crippen LogP contribution in [0.2, 0.25) is 0 Å². The number of hydrogen-bond acceptors (Lipinski definition) is 3. The van der Waals surface area contributed by atoms with E-state index >= 15 is 0 Å². The van der Waals surface area contributed by atoms with Crippen LogP contribution in [0.15, 0.2) is 12.1 Å². The van der Waals surface area contributed by atoms with Gasteiger partial charge in [-0.2, -0.15) is 0 Å². The van der Waals surface area contributed by atoms with E-state index in [0.717, 1.165) is 5.69 Å². The van der Waals surface area contributed by atoms with Crippen LogP contribution in [0.4, 0.5) is 0 Å². The van der Waals surface area contributed by atoms with Gasteiger partial charge in [-0.15, -0.1) is 11.3 Å². The highest BCUT2D eigenvalue weighted by Crippen LogP contribution is 2.32. The lowest BCUT2D eigenvalue weighted by atomic mass is 9.98. The second-order valence-corrected chi connectivity index (χ2v) is 7.55. The van der Waals surface area contributed by atoms with Crippen LogP contribution >= 0.6 is 11.3 Å². The fourth-order valence-corrected chi connectivity index (χ4v) is 3.38. The van der Waals surface area contributed by atoms with Gasteiger partial charge in [0.2, 0.25) is 0 Å². The van der Waals surface area contributed by atoms with Crippen LogP contribution in [0.1, 0.15) is 60.7 Å². The van der Waals surface area contributed by atoms with Gasteiger partial charge in [-0.3, -0.25) is 4.68 Å². The van der Waals surface area contributed by atoms with E-state index in [4.69, 9.17) is 4.98 Å². The van der Waals surface area contributed by atoms with Crippen molar-refractivity contribution in [3.05, 3.63) is 39.1 Å². The number of hydrogen-bond donors (Lipinski definition) is 1. The summed E-state index contributed by atoms with van der Waals surface area (Å²) in [5, 5.41) is 1.21. The highest BCUT2D eigenvalue weighted by atomic mass is 32.1. The van der Waals surface area contributed by atoms with E-state index in [1.165, 1.54) is 21.3 Å². The summed E-state index contributed by atoms with van der Waals surface area (Å²) in [5.41, 5.74) is 7.28. The first kappa shape index (κ1) is 15.1. The summed E-state index contributed by atoms with van der Waals surface area (Å²) in [6, 6.07) is 4.53. The average Bonchev–Trinajstić information content (AvgIpc) is 2.86. The van der Waals surface area contributed by atoms with Crippen molar-refractivity contribution in [3.63, 3.8) is 0 Å². The molecule has 110 valence electrons. The predicted octanol–water partition coefficient (Wildman–Crippen LogP) is 4.47. The molecule has 0 spiro atoms. The van der Waals surface area contributed by atoms with Gasteiger partial charge >= 0.3 is 0 Å². The van der Waals surface area contributed by atoms with Gasteiger partial charge in [-0.25, -0.2) is 4.98 Å². The summed E-state index contributed by atoms with van der Waals surface area (Å²) in [7, 11) is 0. The minimum atomic E-state index is 0.118. The zero-order valence-electron chi connectivity index (χ0n) is 13.5. The first-order valence-electron chi connectivity index (χ1n) is 7.09. The standard InChI is InChI=1S/C16H25N3S/c1-10-8-9-11(2)19(10)18-13(4)14-12(3)17-15(20-14)16(5,6)7/h8-9,13,18H,1-7H3. The molecule has 0 fully saturated rings. The summed E-state index contributed by atoms with van der Waals surface area (Å²) in [6.45, 7) is 15.2. The summed E-state index contributed by atoms with van der Waals surface area (Å²) >= 11 is 1.82. The molecular formula is C16H25N3S.